The number of ether oxygens (including phenoxy) is 1. The summed E-state index contributed by atoms with van der Waals surface area (Å²) in [4.78, 5) is 0.335. The number of benzene rings is 2. The van der Waals surface area contributed by atoms with E-state index in [2.05, 4.69) is 0 Å². The van der Waals surface area contributed by atoms with Crippen LogP contribution in [0, 0.1) is 0 Å². The molecule has 2 aromatic rings. The summed E-state index contributed by atoms with van der Waals surface area (Å²) in [5.41, 5.74) is 6.96. The van der Waals surface area contributed by atoms with E-state index in [0.717, 1.165) is 11.3 Å². The maximum Gasteiger partial charge on any atom is 0.183 e. The third-order valence-electron chi connectivity index (χ3n) is 3.94. The highest BCUT2D eigenvalue weighted by Gasteiger charge is 2.57. The van der Waals surface area contributed by atoms with Crippen molar-refractivity contribution in [2.24, 2.45) is 5.73 Å². The molecule has 5 heteroatoms. The second-order valence-corrected chi connectivity index (χ2v) is 7.30. The van der Waals surface area contributed by atoms with Crippen molar-refractivity contribution in [3.63, 3.8) is 0 Å². The lowest BCUT2D eigenvalue weighted by Crippen LogP contribution is -2.15. The van der Waals surface area contributed by atoms with Crippen molar-refractivity contribution < 1.29 is 13.2 Å². The summed E-state index contributed by atoms with van der Waals surface area (Å²) < 4.78 is 30.3. The Bertz CT molecular complexity index is 726. The van der Waals surface area contributed by atoms with Crippen LogP contribution >= 0.6 is 0 Å². The van der Waals surface area contributed by atoms with Gasteiger partial charge < -0.3 is 10.5 Å². The Labute approximate surface area is 124 Å². The summed E-state index contributed by atoms with van der Waals surface area (Å²) in [5, 5.41) is -0.548. The molecule has 1 aliphatic carbocycles. The Morgan fingerprint density at radius 3 is 2.19 bits per heavy atom. The molecule has 1 saturated carbocycles. The number of nitrogens with two attached hydrogens (primary N) is 1. The highest BCUT2D eigenvalue weighted by molar-refractivity contribution is 7.92. The van der Waals surface area contributed by atoms with Crippen molar-refractivity contribution in [1.29, 1.82) is 0 Å². The summed E-state index contributed by atoms with van der Waals surface area (Å²) in [5.74, 6) is 0.594. The predicted molar refractivity (Wildman–Crippen MR) is 81.1 cm³/mol. The fraction of sp³-hybridized carbons (Fsp3) is 0.250. The zero-order chi connectivity index (χ0) is 15.0. The Hall–Kier alpha value is -1.85. The van der Waals surface area contributed by atoms with Gasteiger partial charge in [0.15, 0.2) is 9.84 Å². The molecule has 1 aliphatic rings. The molecule has 0 heterocycles. The van der Waals surface area contributed by atoms with Crippen LogP contribution in [0.25, 0.3) is 0 Å². The quantitative estimate of drug-likeness (QED) is 0.937. The van der Waals surface area contributed by atoms with Crippen LogP contribution in [-0.4, -0.2) is 26.8 Å². The zero-order valence-electron chi connectivity index (χ0n) is 11.6. The molecule has 1 fully saturated rings. The van der Waals surface area contributed by atoms with E-state index in [9.17, 15) is 8.42 Å². The van der Waals surface area contributed by atoms with Gasteiger partial charge in [-0.05, 0) is 29.8 Å². The maximum absolute atomic E-state index is 12.6. The van der Waals surface area contributed by atoms with Gasteiger partial charge in [-0.3, -0.25) is 0 Å². The van der Waals surface area contributed by atoms with E-state index in [1.807, 2.05) is 24.3 Å². The first-order chi connectivity index (χ1) is 10.1. The van der Waals surface area contributed by atoms with Crippen molar-refractivity contribution in [2.45, 2.75) is 22.1 Å². The van der Waals surface area contributed by atoms with Crippen LogP contribution in [0.2, 0.25) is 0 Å². The average molecular weight is 303 g/mol. The number of hydrogen-bond donors (Lipinski definition) is 1. The van der Waals surface area contributed by atoms with Gasteiger partial charge in [0.2, 0.25) is 0 Å². The summed E-state index contributed by atoms with van der Waals surface area (Å²) in [6.45, 7) is 0. The minimum absolute atomic E-state index is 0.152. The van der Waals surface area contributed by atoms with E-state index in [1.165, 1.54) is 0 Å². The zero-order valence-corrected chi connectivity index (χ0v) is 12.5. The van der Waals surface area contributed by atoms with Gasteiger partial charge in [0.1, 0.15) is 5.75 Å². The van der Waals surface area contributed by atoms with E-state index in [0.29, 0.717) is 4.90 Å². The molecule has 0 radical (unpaired) electrons. The summed E-state index contributed by atoms with van der Waals surface area (Å²) in [6, 6.07) is 15.5. The standard InChI is InChI=1S/C16H17NO3S/c1-20-12-9-7-11(8-10-12)14-15(17)16(14)21(18,19)13-5-3-2-4-6-13/h2-10,14-16H,17H2,1H3/t14-,15+,16-/m1/s1. The third-order valence-corrected chi connectivity index (χ3v) is 6.19. The van der Waals surface area contributed by atoms with Gasteiger partial charge in [-0.15, -0.1) is 0 Å². The van der Waals surface area contributed by atoms with Crippen molar-refractivity contribution in [2.75, 3.05) is 7.11 Å². The largest absolute Gasteiger partial charge is 0.497 e. The van der Waals surface area contributed by atoms with Crippen LogP contribution in [0.1, 0.15) is 11.5 Å². The van der Waals surface area contributed by atoms with Crippen LogP contribution in [0.5, 0.6) is 5.75 Å². The van der Waals surface area contributed by atoms with Crippen LogP contribution in [-0.2, 0) is 9.84 Å². The van der Waals surface area contributed by atoms with E-state index < -0.39 is 15.1 Å². The van der Waals surface area contributed by atoms with Gasteiger partial charge in [-0.25, -0.2) is 8.42 Å². The van der Waals surface area contributed by atoms with Gasteiger partial charge in [0.25, 0.3) is 0 Å². The highest BCUT2D eigenvalue weighted by Crippen LogP contribution is 2.47. The maximum atomic E-state index is 12.6. The average Bonchev–Trinajstić information content (AvgIpc) is 3.20. The first-order valence-electron chi connectivity index (χ1n) is 6.74. The van der Waals surface area contributed by atoms with Crippen molar-refractivity contribution >= 4 is 9.84 Å². The molecule has 0 bridgehead atoms. The SMILES string of the molecule is COc1ccc([C@@H]2[C@H](N)[C@@H]2S(=O)(=O)c2ccccc2)cc1. The first-order valence-corrected chi connectivity index (χ1v) is 8.29. The van der Waals surface area contributed by atoms with Gasteiger partial charge in [0, 0.05) is 12.0 Å². The molecule has 2 aromatic carbocycles. The molecule has 0 saturated heterocycles. The molecule has 0 aliphatic heterocycles. The lowest BCUT2D eigenvalue weighted by atomic mass is 10.1. The summed E-state index contributed by atoms with van der Waals surface area (Å²) >= 11 is 0. The fourth-order valence-corrected chi connectivity index (χ4v) is 4.78. The molecule has 2 N–H and O–H groups in total. The number of methoxy groups -OCH3 is 1. The molecule has 21 heavy (non-hydrogen) atoms. The second-order valence-electron chi connectivity index (χ2n) is 5.20. The Morgan fingerprint density at radius 2 is 1.62 bits per heavy atom. The Balaban J connectivity index is 1.88. The van der Waals surface area contributed by atoms with E-state index >= 15 is 0 Å². The van der Waals surface area contributed by atoms with E-state index in [-0.39, 0.29) is 12.0 Å². The monoisotopic (exact) mass is 303 g/mol. The van der Waals surface area contributed by atoms with Crippen molar-refractivity contribution in [3.05, 3.63) is 60.2 Å². The molecule has 0 amide bonds. The minimum Gasteiger partial charge on any atom is -0.497 e. The Kier molecular flexibility index (Phi) is 3.47. The molecule has 0 spiro atoms. The molecular weight excluding hydrogens is 286 g/mol. The smallest absolute Gasteiger partial charge is 0.183 e. The van der Waals surface area contributed by atoms with Crippen molar-refractivity contribution in [1.82, 2.24) is 0 Å². The molecule has 4 nitrogen and oxygen atoms in total. The second kappa shape index (κ2) is 5.16. The van der Waals surface area contributed by atoms with Gasteiger partial charge in [-0.1, -0.05) is 30.3 Å². The van der Waals surface area contributed by atoms with Crippen LogP contribution in [0.3, 0.4) is 0 Å². The summed E-state index contributed by atoms with van der Waals surface area (Å²) in [6.07, 6.45) is 0. The van der Waals surface area contributed by atoms with E-state index in [4.69, 9.17) is 10.5 Å². The lowest BCUT2D eigenvalue weighted by molar-refractivity contribution is 0.414. The highest BCUT2D eigenvalue weighted by atomic mass is 32.2. The number of sulfone groups is 1. The van der Waals surface area contributed by atoms with Crippen LogP contribution in [0.4, 0.5) is 0 Å². The first kappa shape index (κ1) is 14.1. The third kappa shape index (κ3) is 2.43. The lowest BCUT2D eigenvalue weighted by Gasteiger charge is -2.04. The Morgan fingerprint density at radius 1 is 1.00 bits per heavy atom. The van der Waals surface area contributed by atoms with E-state index in [1.54, 1.807) is 37.4 Å². The number of rotatable bonds is 4. The normalized spacial score (nSPS) is 24.6. The van der Waals surface area contributed by atoms with Crippen molar-refractivity contribution in [3.8, 4) is 5.75 Å². The topological polar surface area (TPSA) is 69.4 Å². The van der Waals surface area contributed by atoms with Gasteiger partial charge in [-0.2, -0.15) is 0 Å². The predicted octanol–water partition coefficient (Wildman–Crippen LogP) is 1.96. The molecule has 0 unspecified atom stereocenters. The molecule has 0 aromatic heterocycles. The fourth-order valence-electron chi connectivity index (χ4n) is 2.71. The summed E-state index contributed by atoms with van der Waals surface area (Å²) in [7, 11) is -1.79. The number of hydrogen-bond acceptors (Lipinski definition) is 4. The molecule has 110 valence electrons. The molecular formula is C16H17NO3S. The minimum atomic E-state index is -3.38. The molecule has 3 rings (SSSR count). The van der Waals surface area contributed by atoms with Gasteiger partial charge >= 0.3 is 0 Å². The molecule has 3 atom stereocenters. The van der Waals surface area contributed by atoms with Gasteiger partial charge in [0.05, 0.1) is 17.3 Å². The van der Waals surface area contributed by atoms with Crippen LogP contribution < -0.4 is 10.5 Å². The van der Waals surface area contributed by atoms with Crippen LogP contribution in [0.15, 0.2) is 59.5 Å².